The van der Waals surface area contributed by atoms with Crippen molar-refractivity contribution < 1.29 is 4.74 Å². The van der Waals surface area contributed by atoms with Crippen LogP contribution in [0.3, 0.4) is 0 Å². The number of hydrogen-bond donors (Lipinski definition) is 1. The number of nitrogens with one attached hydrogen (secondary N) is 1. The van der Waals surface area contributed by atoms with E-state index in [2.05, 4.69) is 29.1 Å². The molecule has 0 amide bonds. The van der Waals surface area contributed by atoms with Gasteiger partial charge in [-0.15, -0.1) is 0 Å². The minimum atomic E-state index is 0.484. The van der Waals surface area contributed by atoms with Crippen molar-refractivity contribution in [1.82, 2.24) is 15.3 Å². The van der Waals surface area contributed by atoms with Crippen molar-refractivity contribution in [3.05, 3.63) is 18.0 Å². The van der Waals surface area contributed by atoms with Gasteiger partial charge in [-0.25, -0.2) is 9.97 Å². The second kappa shape index (κ2) is 8.44. The summed E-state index contributed by atoms with van der Waals surface area (Å²) in [7, 11) is 1.72. The molecule has 5 heteroatoms. The van der Waals surface area contributed by atoms with Gasteiger partial charge in [0.05, 0.1) is 0 Å². The summed E-state index contributed by atoms with van der Waals surface area (Å²) in [4.78, 5) is 8.65. The highest BCUT2D eigenvalue weighted by Crippen LogP contribution is 2.13. The lowest BCUT2D eigenvalue weighted by atomic mass is 10.3. The molecule has 0 unspecified atom stereocenters. The molecule has 1 N–H and O–H groups in total. The van der Waals surface area contributed by atoms with E-state index in [1.54, 1.807) is 18.9 Å². The third-order valence-corrected chi connectivity index (χ3v) is 3.08. The van der Waals surface area contributed by atoms with Gasteiger partial charge in [0, 0.05) is 50.0 Å². The quantitative estimate of drug-likeness (QED) is 0.438. The van der Waals surface area contributed by atoms with E-state index < -0.39 is 0 Å². The molecule has 96 valence electrons. The summed E-state index contributed by atoms with van der Waals surface area (Å²) in [5.41, 5.74) is 1.12. The standard InChI is InChI=1S/C12H21N3OS/c1-10(2)13-7-11-8-14-12(15-9-11)17-6-4-5-16-3/h8-10,13H,4-7H2,1-3H3. The van der Waals surface area contributed by atoms with E-state index in [1.807, 2.05) is 12.4 Å². The first-order valence-electron chi connectivity index (χ1n) is 5.88. The second-order valence-electron chi connectivity index (χ2n) is 4.10. The number of hydrogen-bond acceptors (Lipinski definition) is 5. The molecule has 0 aliphatic rings. The van der Waals surface area contributed by atoms with Crippen LogP contribution in [0.4, 0.5) is 0 Å². The van der Waals surface area contributed by atoms with E-state index in [4.69, 9.17) is 4.74 Å². The number of aromatic nitrogens is 2. The number of nitrogens with zero attached hydrogens (tertiary/aromatic N) is 2. The molecule has 0 aliphatic carbocycles. The van der Waals surface area contributed by atoms with E-state index >= 15 is 0 Å². The van der Waals surface area contributed by atoms with Gasteiger partial charge in [0.1, 0.15) is 0 Å². The highest BCUT2D eigenvalue weighted by molar-refractivity contribution is 7.99. The van der Waals surface area contributed by atoms with Crippen LogP contribution in [0, 0.1) is 0 Å². The number of thioether (sulfide) groups is 1. The van der Waals surface area contributed by atoms with Crippen molar-refractivity contribution in [2.75, 3.05) is 19.5 Å². The first kappa shape index (κ1) is 14.4. The maximum absolute atomic E-state index is 4.99. The molecular formula is C12H21N3OS. The van der Waals surface area contributed by atoms with Crippen molar-refractivity contribution >= 4 is 11.8 Å². The molecule has 1 aromatic heterocycles. The van der Waals surface area contributed by atoms with Crippen molar-refractivity contribution in [2.45, 2.75) is 38.0 Å². The van der Waals surface area contributed by atoms with Gasteiger partial charge in [0.25, 0.3) is 0 Å². The lowest BCUT2D eigenvalue weighted by Crippen LogP contribution is -2.21. The Morgan fingerprint density at radius 3 is 2.65 bits per heavy atom. The molecule has 0 atom stereocenters. The molecule has 0 aliphatic heterocycles. The summed E-state index contributed by atoms with van der Waals surface area (Å²) in [6, 6.07) is 0.484. The zero-order valence-corrected chi connectivity index (χ0v) is 11.6. The molecule has 0 fully saturated rings. The van der Waals surface area contributed by atoms with E-state index in [0.717, 1.165) is 36.0 Å². The smallest absolute Gasteiger partial charge is 0.187 e. The van der Waals surface area contributed by atoms with Crippen molar-refractivity contribution in [3.63, 3.8) is 0 Å². The minimum Gasteiger partial charge on any atom is -0.385 e. The molecular weight excluding hydrogens is 234 g/mol. The lowest BCUT2D eigenvalue weighted by Gasteiger charge is -2.07. The highest BCUT2D eigenvalue weighted by Gasteiger charge is 1.99. The Bertz CT molecular complexity index is 303. The Hall–Kier alpha value is -0.650. The van der Waals surface area contributed by atoms with Crippen LogP contribution in [0.25, 0.3) is 0 Å². The van der Waals surface area contributed by atoms with Gasteiger partial charge in [-0.3, -0.25) is 0 Å². The summed E-state index contributed by atoms with van der Waals surface area (Å²) in [6.07, 6.45) is 4.81. The average Bonchev–Trinajstić information content (AvgIpc) is 2.33. The Labute approximate surface area is 108 Å². The molecule has 17 heavy (non-hydrogen) atoms. The molecule has 1 aromatic rings. The third kappa shape index (κ3) is 6.61. The van der Waals surface area contributed by atoms with Crippen LogP contribution in [0.1, 0.15) is 25.8 Å². The van der Waals surface area contributed by atoms with Crippen molar-refractivity contribution in [3.8, 4) is 0 Å². The zero-order chi connectivity index (χ0) is 12.5. The number of methoxy groups -OCH3 is 1. The van der Waals surface area contributed by atoms with Gasteiger partial charge in [0.15, 0.2) is 5.16 Å². The van der Waals surface area contributed by atoms with Crippen LogP contribution >= 0.6 is 11.8 Å². The third-order valence-electron chi connectivity index (χ3n) is 2.12. The molecule has 1 heterocycles. The lowest BCUT2D eigenvalue weighted by molar-refractivity contribution is 0.200. The van der Waals surface area contributed by atoms with Gasteiger partial charge in [0.2, 0.25) is 0 Å². The Morgan fingerprint density at radius 1 is 1.35 bits per heavy atom. The predicted molar refractivity (Wildman–Crippen MR) is 71.2 cm³/mol. The second-order valence-corrected chi connectivity index (χ2v) is 5.17. The van der Waals surface area contributed by atoms with Crippen LogP contribution in [0.15, 0.2) is 17.6 Å². The molecule has 0 radical (unpaired) electrons. The van der Waals surface area contributed by atoms with E-state index in [0.29, 0.717) is 6.04 Å². The van der Waals surface area contributed by atoms with Gasteiger partial charge in [-0.05, 0) is 6.42 Å². The normalized spacial score (nSPS) is 11.1. The molecule has 4 nitrogen and oxygen atoms in total. The molecule has 0 bridgehead atoms. The van der Waals surface area contributed by atoms with E-state index in [-0.39, 0.29) is 0 Å². The first-order chi connectivity index (χ1) is 8.22. The van der Waals surface area contributed by atoms with E-state index in [1.165, 1.54) is 0 Å². The fraction of sp³-hybridized carbons (Fsp3) is 0.667. The summed E-state index contributed by atoms with van der Waals surface area (Å²) in [6.45, 7) is 5.87. The van der Waals surface area contributed by atoms with Gasteiger partial charge in [-0.1, -0.05) is 25.6 Å². The molecule has 0 saturated heterocycles. The van der Waals surface area contributed by atoms with Crippen LogP contribution in [0.5, 0.6) is 0 Å². The predicted octanol–water partition coefficient (Wildman–Crippen LogP) is 2.10. The first-order valence-corrected chi connectivity index (χ1v) is 6.87. The minimum absolute atomic E-state index is 0.484. The SMILES string of the molecule is COCCCSc1ncc(CNC(C)C)cn1. The number of ether oxygens (including phenoxy) is 1. The molecule has 1 rings (SSSR count). The fourth-order valence-electron chi connectivity index (χ4n) is 1.20. The maximum atomic E-state index is 4.99. The summed E-state index contributed by atoms with van der Waals surface area (Å²) in [5.74, 6) is 0.997. The van der Waals surface area contributed by atoms with Gasteiger partial charge in [-0.2, -0.15) is 0 Å². The zero-order valence-electron chi connectivity index (χ0n) is 10.8. The van der Waals surface area contributed by atoms with Crippen molar-refractivity contribution in [1.29, 1.82) is 0 Å². The Morgan fingerprint density at radius 2 is 2.06 bits per heavy atom. The topological polar surface area (TPSA) is 47.0 Å². The van der Waals surface area contributed by atoms with Gasteiger partial charge >= 0.3 is 0 Å². The summed E-state index contributed by atoms with van der Waals surface area (Å²) >= 11 is 1.67. The Kier molecular flexibility index (Phi) is 7.16. The van der Waals surface area contributed by atoms with Crippen molar-refractivity contribution in [2.24, 2.45) is 0 Å². The summed E-state index contributed by atoms with van der Waals surface area (Å²) in [5, 5.41) is 4.18. The largest absolute Gasteiger partial charge is 0.385 e. The fourth-order valence-corrected chi connectivity index (χ4v) is 1.90. The highest BCUT2D eigenvalue weighted by atomic mass is 32.2. The summed E-state index contributed by atoms with van der Waals surface area (Å²) < 4.78 is 4.99. The maximum Gasteiger partial charge on any atom is 0.187 e. The average molecular weight is 255 g/mol. The van der Waals surface area contributed by atoms with Gasteiger partial charge < -0.3 is 10.1 Å². The molecule has 0 spiro atoms. The van der Waals surface area contributed by atoms with Crippen LogP contribution in [-0.4, -0.2) is 35.5 Å². The monoisotopic (exact) mass is 255 g/mol. The molecule has 0 aromatic carbocycles. The number of rotatable bonds is 8. The van der Waals surface area contributed by atoms with Crippen LogP contribution in [0.2, 0.25) is 0 Å². The molecule has 0 saturated carbocycles. The van der Waals surface area contributed by atoms with E-state index in [9.17, 15) is 0 Å². The Balaban J connectivity index is 2.29. The van der Waals surface area contributed by atoms with Crippen LogP contribution in [-0.2, 0) is 11.3 Å². The van der Waals surface area contributed by atoms with Crippen LogP contribution < -0.4 is 5.32 Å².